The van der Waals surface area contributed by atoms with Gasteiger partial charge >= 0.3 is 5.97 Å². The van der Waals surface area contributed by atoms with E-state index in [2.05, 4.69) is 16.5 Å². The number of rotatable bonds is 2. The number of aromatic nitrogens is 2. The van der Waals surface area contributed by atoms with Gasteiger partial charge in [0.25, 0.3) is 0 Å². The molecular weight excluding hydrogens is 192 g/mol. The highest BCUT2D eigenvalue weighted by Gasteiger charge is 2.23. The summed E-state index contributed by atoms with van der Waals surface area (Å²) in [5.41, 5.74) is 1.75. The van der Waals surface area contributed by atoms with Crippen LogP contribution in [0.2, 0.25) is 0 Å². The molecule has 1 N–H and O–H groups in total. The number of hydrogen-bond acceptors (Lipinski definition) is 2. The smallest absolute Gasteiger partial charge is 0.309 e. The van der Waals surface area contributed by atoms with E-state index in [4.69, 9.17) is 5.11 Å². The molecular formula is C11H16N2O2. The van der Waals surface area contributed by atoms with Crippen molar-refractivity contribution in [1.29, 1.82) is 0 Å². The maximum absolute atomic E-state index is 10.7. The SMILES string of the molecule is Cc1nc2n(c1CC(=O)O)CCCC2C. The molecule has 0 spiro atoms. The second-order valence-electron chi connectivity index (χ2n) is 4.27. The largest absolute Gasteiger partial charge is 0.481 e. The molecule has 82 valence electrons. The van der Waals surface area contributed by atoms with Gasteiger partial charge in [0.1, 0.15) is 5.82 Å². The molecule has 15 heavy (non-hydrogen) atoms. The molecule has 1 aromatic heterocycles. The van der Waals surface area contributed by atoms with E-state index in [9.17, 15) is 4.79 Å². The first-order chi connectivity index (χ1) is 7.09. The van der Waals surface area contributed by atoms with Crippen molar-refractivity contribution < 1.29 is 9.90 Å². The van der Waals surface area contributed by atoms with Gasteiger partial charge < -0.3 is 9.67 Å². The van der Waals surface area contributed by atoms with Gasteiger partial charge in [-0.05, 0) is 19.8 Å². The summed E-state index contributed by atoms with van der Waals surface area (Å²) in [4.78, 5) is 15.2. The van der Waals surface area contributed by atoms with Gasteiger partial charge in [-0.1, -0.05) is 6.92 Å². The van der Waals surface area contributed by atoms with E-state index < -0.39 is 5.97 Å². The average Bonchev–Trinajstić information content (AvgIpc) is 2.45. The number of hydrogen-bond donors (Lipinski definition) is 1. The highest BCUT2D eigenvalue weighted by atomic mass is 16.4. The standard InChI is InChI=1S/C11H16N2O2/c1-7-4-3-5-13-9(6-10(14)15)8(2)12-11(7)13/h7H,3-6H2,1-2H3,(H,14,15). The number of imidazole rings is 1. The summed E-state index contributed by atoms with van der Waals surface area (Å²) in [6.45, 7) is 4.97. The number of carboxylic acid groups (broad SMARTS) is 1. The van der Waals surface area contributed by atoms with Crippen molar-refractivity contribution in [3.8, 4) is 0 Å². The number of aryl methyl sites for hydroxylation is 1. The van der Waals surface area contributed by atoms with Crippen LogP contribution in [0.15, 0.2) is 0 Å². The lowest BCUT2D eigenvalue weighted by atomic mass is 10.0. The minimum atomic E-state index is -0.779. The topological polar surface area (TPSA) is 55.1 Å². The zero-order valence-electron chi connectivity index (χ0n) is 9.16. The summed E-state index contributed by atoms with van der Waals surface area (Å²) in [5, 5.41) is 8.84. The molecule has 1 aromatic rings. The third-order valence-corrected chi connectivity index (χ3v) is 3.08. The van der Waals surface area contributed by atoms with Gasteiger partial charge in [0.05, 0.1) is 17.8 Å². The number of carboxylic acids is 1. The van der Waals surface area contributed by atoms with Crippen LogP contribution in [0, 0.1) is 6.92 Å². The molecule has 0 bridgehead atoms. The highest BCUT2D eigenvalue weighted by molar-refractivity contribution is 5.70. The van der Waals surface area contributed by atoms with Crippen molar-refractivity contribution in [3.63, 3.8) is 0 Å². The van der Waals surface area contributed by atoms with Gasteiger partial charge in [-0.3, -0.25) is 4.79 Å². The third-order valence-electron chi connectivity index (χ3n) is 3.08. The molecule has 1 unspecified atom stereocenters. The van der Waals surface area contributed by atoms with E-state index in [1.54, 1.807) is 0 Å². The normalized spacial score (nSPS) is 20.0. The van der Waals surface area contributed by atoms with Gasteiger partial charge in [-0.2, -0.15) is 0 Å². The quantitative estimate of drug-likeness (QED) is 0.805. The molecule has 4 nitrogen and oxygen atoms in total. The molecule has 1 aliphatic rings. The summed E-state index contributed by atoms with van der Waals surface area (Å²) < 4.78 is 2.09. The lowest BCUT2D eigenvalue weighted by Gasteiger charge is -2.21. The molecule has 1 aliphatic heterocycles. The van der Waals surface area contributed by atoms with Crippen LogP contribution in [0.4, 0.5) is 0 Å². The number of nitrogens with zero attached hydrogens (tertiary/aromatic N) is 2. The summed E-state index contributed by atoms with van der Waals surface area (Å²) in [6.07, 6.45) is 2.37. The first kappa shape index (κ1) is 10.2. The summed E-state index contributed by atoms with van der Waals surface area (Å²) in [5.74, 6) is 0.744. The molecule has 0 saturated carbocycles. The Morgan fingerprint density at radius 1 is 1.67 bits per heavy atom. The predicted molar refractivity (Wildman–Crippen MR) is 56.0 cm³/mol. The van der Waals surface area contributed by atoms with Crippen molar-refractivity contribution in [1.82, 2.24) is 9.55 Å². The second kappa shape index (κ2) is 3.68. The van der Waals surface area contributed by atoms with E-state index in [1.807, 2.05) is 6.92 Å². The predicted octanol–water partition coefficient (Wildman–Crippen LogP) is 1.72. The van der Waals surface area contributed by atoms with Crippen molar-refractivity contribution in [3.05, 3.63) is 17.2 Å². The second-order valence-corrected chi connectivity index (χ2v) is 4.27. The van der Waals surface area contributed by atoms with E-state index in [1.165, 1.54) is 0 Å². The zero-order valence-corrected chi connectivity index (χ0v) is 9.16. The Kier molecular flexibility index (Phi) is 2.50. The van der Waals surface area contributed by atoms with Gasteiger partial charge in [-0.15, -0.1) is 0 Å². The minimum absolute atomic E-state index is 0.0888. The Morgan fingerprint density at radius 2 is 2.40 bits per heavy atom. The van der Waals surface area contributed by atoms with Crippen LogP contribution in [0.5, 0.6) is 0 Å². The van der Waals surface area contributed by atoms with Crippen LogP contribution < -0.4 is 0 Å². The average molecular weight is 208 g/mol. The lowest BCUT2D eigenvalue weighted by Crippen LogP contribution is -2.17. The van der Waals surface area contributed by atoms with Crippen LogP contribution >= 0.6 is 0 Å². The fourth-order valence-electron chi connectivity index (χ4n) is 2.31. The number of carbonyl (C=O) groups is 1. The zero-order chi connectivity index (χ0) is 11.0. The van der Waals surface area contributed by atoms with Crippen LogP contribution in [-0.4, -0.2) is 20.6 Å². The van der Waals surface area contributed by atoms with E-state index >= 15 is 0 Å². The number of aliphatic carboxylic acids is 1. The molecule has 0 fully saturated rings. The van der Waals surface area contributed by atoms with Crippen LogP contribution in [0.1, 0.15) is 42.9 Å². The Hall–Kier alpha value is -1.32. The van der Waals surface area contributed by atoms with Gasteiger partial charge in [0, 0.05) is 12.5 Å². The van der Waals surface area contributed by atoms with Crippen molar-refractivity contribution in [2.75, 3.05) is 0 Å². The fraction of sp³-hybridized carbons (Fsp3) is 0.636. The lowest BCUT2D eigenvalue weighted by molar-refractivity contribution is -0.136. The van der Waals surface area contributed by atoms with E-state index in [-0.39, 0.29) is 6.42 Å². The maximum Gasteiger partial charge on any atom is 0.309 e. The maximum atomic E-state index is 10.7. The molecule has 2 rings (SSSR count). The van der Waals surface area contributed by atoms with Crippen LogP contribution in [0.3, 0.4) is 0 Å². The summed E-state index contributed by atoms with van der Waals surface area (Å²) >= 11 is 0. The molecule has 0 amide bonds. The molecule has 2 heterocycles. The van der Waals surface area contributed by atoms with Crippen molar-refractivity contribution in [2.24, 2.45) is 0 Å². The van der Waals surface area contributed by atoms with E-state index in [0.29, 0.717) is 5.92 Å². The number of fused-ring (bicyclic) bond motifs is 1. The minimum Gasteiger partial charge on any atom is -0.481 e. The van der Waals surface area contributed by atoms with Gasteiger partial charge in [0.2, 0.25) is 0 Å². The van der Waals surface area contributed by atoms with E-state index in [0.717, 1.165) is 36.6 Å². The Bertz CT molecular complexity index is 396. The van der Waals surface area contributed by atoms with Crippen LogP contribution in [-0.2, 0) is 17.8 Å². The highest BCUT2D eigenvalue weighted by Crippen LogP contribution is 2.28. The van der Waals surface area contributed by atoms with Crippen molar-refractivity contribution in [2.45, 2.75) is 45.6 Å². The van der Waals surface area contributed by atoms with Crippen molar-refractivity contribution >= 4 is 5.97 Å². The fourth-order valence-corrected chi connectivity index (χ4v) is 2.31. The van der Waals surface area contributed by atoms with Crippen LogP contribution in [0.25, 0.3) is 0 Å². The van der Waals surface area contributed by atoms with Gasteiger partial charge in [0.15, 0.2) is 0 Å². The monoisotopic (exact) mass is 208 g/mol. The molecule has 4 heteroatoms. The Morgan fingerprint density at radius 3 is 3.07 bits per heavy atom. The molecule has 0 saturated heterocycles. The molecule has 0 radical (unpaired) electrons. The third kappa shape index (κ3) is 1.76. The first-order valence-electron chi connectivity index (χ1n) is 5.37. The molecule has 0 aromatic carbocycles. The molecule has 0 aliphatic carbocycles. The van der Waals surface area contributed by atoms with Gasteiger partial charge in [-0.25, -0.2) is 4.98 Å². The molecule has 1 atom stereocenters. The summed E-state index contributed by atoms with van der Waals surface area (Å²) in [6, 6.07) is 0. The Balaban J connectivity index is 2.42. The summed E-state index contributed by atoms with van der Waals surface area (Å²) in [7, 11) is 0. The first-order valence-corrected chi connectivity index (χ1v) is 5.37. The Labute approximate surface area is 88.9 Å².